The van der Waals surface area contributed by atoms with E-state index in [4.69, 9.17) is 27.9 Å². The second-order valence-corrected chi connectivity index (χ2v) is 13.2. The van der Waals surface area contributed by atoms with Gasteiger partial charge >= 0.3 is 178 Å². The van der Waals surface area contributed by atoms with Crippen molar-refractivity contribution in [2.75, 3.05) is 27.2 Å². The molecule has 1 aromatic carbocycles. The number of halogens is 2. The van der Waals surface area contributed by atoms with Gasteiger partial charge in [0.15, 0.2) is 0 Å². The van der Waals surface area contributed by atoms with Crippen molar-refractivity contribution in [3.63, 3.8) is 0 Å². The molecule has 1 atom stereocenters. The molecule has 1 saturated heterocycles. The van der Waals surface area contributed by atoms with Crippen LogP contribution in [0.2, 0.25) is 14.8 Å². The Labute approximate surface area is 177 Å². The molecule has 0 amide bonds. The zero-order valence-corrected chi connectivity index (χ0v) is 19.3. The van der Waals surface area contributed by atoms with Crippen LogP contribution in [0.15, 0.2) is 29.6 Å². The van der Waals surface area contributed by atoms with Crippen LogP contribution in [0.5, 0.6) is 0 Å². The van der Waals surface area contributed by atoms with Crippen molar-refractivity contribution < 1.29 is 14.3 Å². The molecule has 8 heteroatoms. The van der Waals surface area contributed by atoms with Crippen LogP contribution >= 0.6 is 34.5 Å². The number of methoxy groups -OCH3 is 1. The average Bonchev–Trinajstić information content (AvgIpc) is 3.12. The summed E-state index contributed by atoms with van der Waals surface area (Å²) in [6.45, 7) is 1.91. The Kier molecular flexibility index (Phi) is 7.04. The third kappa shape index (κ3) is 4.60. The van der Waals surface area contributed by atoms with E-state index in [1.807, 2.05) is 11.4 Å². The van der Waals surface area contributed by atoms with E-state index in [-0.39, 0.29) is 15.2 Å². The average molecular weight is 488 g/mol. The Bertz CT molecular complexity index is 849. The predicted octanol–water partition coefficient (Wildman–Crippen LogP) is 4.06. The number of esters is 1. The first-order chi connectivity index (χ1) is 12.9. The first-order valence-corrected chi connectivity index (χ1v) is 13.1. The van der Waals surface area contributed by atoms with Gasteiger partial charge in [0.05, 0.1) is 0 Å². The number of piperidine rings is 1. The predicted molar refractivity (Wildman–Crippen MR) is 112 cm³/mol. The summed E-state index contributed by atoms with van der Waals surface area (Å²) in [5, 5.41) is 2.74. The Hall–Kier alpha value is -0.842. The maximum absolute atomic E-state index is 13.6. The van der Waals surface area contributed by atoms with Gasteiger partial charge in [-0.05, 0) is 0 Å². The molecule has 1 aliphatic heterocycles. The monoisotopic (exact) mass is 487 g/mol. The van der Waals surface area contributed by atoms with Crippen molar-refractivity contribution in [1.82, 2.24) is 4.90 Å². The molecule has 3 rings (SSSR count). The number of nitrogens with zero attached hydrogens (tertiary/aromatic N) is 1. The van der Waals surface area contributed by atoms with E-state index in [9.17, 15) is 9.59 Å². The van der Waals surface area contributed by atoms with Gasteiger partial charge in [-0.2, -0.15) is 0 Å². The standard InChI is InChI=1S/C19H20AsCl2NO3S/c1-23-8-5-12(6-9-23)20(15-7-10-27-17(15)19(25)26-2)18(24)14-4-3-13(21)11-16(14)22/h3-4,7,10-12H,5-6,8-9H2,1-2H3. The molecule has 0 bridgehead atoms. The van der Waals surface area contributed by atoms with E-state index in [0.717, 1.165) is 30.3 Å². The SMILES string of the molecule is COC(=O)c1sccc1[As](C(=O)c1ccc(Cl)cc1Cl)C1CCN(C)CC1. The summed E-state index contributed by atoms with van der Waals surface area (Å²) in [6, 6.07) is 6.92. The quantitative estimate of drug-likeness (QED) is 0.471. The summed E-state index contributed by atoms with van der Waals surface area (Å²) >= 11 is 11.4. The molecule has 0 N–H and O–H groups in total. The number of likely N-dealkylation sites (tertiary alicyclic amines) is 1. The first kappa shape index (κ1) is 20.9. The zero-order chi connectivity index (χ0) is 19.6. The molecular formula is C19H20AsCl2NO3S. The number of carbonyl (C=O) groups excluding carboxylic acids is 2. The summed E-state index contributed by atoms with van der Waals surface area (Å²) in [7, 11) is 3.46. The number of benzene rings is 1. The third-order valence-corrected chi connectivity index (χ3v) is 12.4. The molecule has 1 aliphatic rings. The molecule has 0 saturated carbocycles. The number of rotatable bonds is 5. The van der Waals surface area contributed by atoms with Crippen LogP contribution in [-0.4, -0.2) is 57.3 Å². The molecule has 1 unspecified atom stereocenters. The van der Waals surface area contributed by atoms with Crippen LogP contribution in [0.3, 0.4) is 0 Å². The van der Waals surface area contributed by atoms with Crippen molar-refractivity contribution in [1.29, 1.82) is 0 Å². The molecule has 2 heterocycles. The number of hydrogen-bond donors (Lipinski definition) is 0. The van der Waals surface area contributed by atoms with Crippen LogP contribution in [0.4, 0.5) is 0 Å². The van der Waals surface area contributed by atoms with Crippen molar-refractivity contribution >= 4 is 64.1 Å². The fourth-order valence-electron chi connectivity index (χ4n) is 3.26. The molecule has 1 fully saturated rings. The Morgan fingerprint density at radius 1 is 1.22 bits per heavy atom. The van der Waals surface area contributed by atoms with E-state index < -0.39 is 14.7 Å². The van der Waals surface area contributed by atoms with E-state index in [2.05, 4.69) is 11.9 Å². The topological polar surface area (TPSA) is 46.6 Å². The van der Waals surface area contributed by atoms with Gasteiger partial charge in [-0.3, -0.25) is 0 Å². The molecule has 144 valence electrons. The van der Waals surface area contributed by atoms with E-state index in [1.165, 1.54) is 18.4 Å². The molecule has 2 aromatic rings. The summed E-state index contributed by atoms with van der Waals surface area (Å²) < 4.78 is 6.18. The molecule has 27 heavy (non-hydrogen) atoms. The Morgan fingerprint density at radius 2 is 1.93 bits per heavy atom. The van der Waals surface area contributed by atoms with E-state index in [1.54, 1.807) is 18.2 Å². The molecule has 4 nitrogen and oxygen atoms in total. The number of ether oxygens (including phenoxy) is 1. The number of thiophene rings is 1. The second-order valence-electron chi connectivity index (χ2n) is 6.46. The van der Waals surface area contributed by atoms with Crippen LogP contribution in [-0.2, 0) is 4.74 Å². The Morgan fingerprint density at radius 3 is 2.56 bits per heavy atom. The van der Waals surface area contributed by atoms with Gasteiger partial charge in [-0.1, -0.05) is 0 Å². The molecular weight excluding hydrogens is 468 g/mol. The van der Waals surface area contributed by atoms with Gasteiger partial charge in [0.1, 0.15) is 0 Å². The van der Waals surface area contributed by atoms with Gasteiger partial charge in [0.2, 0.25) is 0 Å². The minimum absolute atomic E-state index is 0.0715. The number of carbonyl (C=O) groups is 2. The van der Waals surface area contributed by atoms with Gasteiger partial charge in [-0.25, -0.2) is 0 Å². The van der Waals surface area contributed by atoms with Crippen LogP contribution in [0.25, 0.3) is 0 Å². The summed E-state index contributed by atoms with van der Waals surface area (Å²) in [4.78, 5) is 28.7. The first-order valence-electron chi connectivity index (χ1n) is 8.55. The molecule has 0 spiro atoms. The van der Waals surface area contributed by atoms with Crippen molar-refractivity contribution in [2.45, 2.75) is 17.5 Å². The minimum atomic E-state index is -2.30. The zero-order valence-electron chi connectivity index (χ0n) is 15.1. The maximum atomic E-state index is 13.6. The van der Waals surface area contributed by atoms with Crippen molar-refractivity contribution in [2.24, 2.45) is 0 Å². The third-order valence-electron chi connectivity index (χ3n) is 4.71. The summed E-state index contributed by atoms with van der Waals surface area (Å²) in [6.07, 6.45) is 1.90. The number of hydrogen-bond acceptors (Lipinski definition) is 5. The van der Waals surface area contributed by atoms with Crippen LogP contribution < -0.4 is 4.35 Å². The normalized spacial score (nSPS) is 16.9. The van der Waals surface area contributed by atoms with E-state index in [0.29, 0.717) is 20.5 Å². The molecule has 1 aromatic heterocycles. The Balaban J connectivity index is 2.04. The molecule has 0 aliphatic carbocycles. The van der Waals surface area contributed by atoms with Crippen molar-refractivity contribution in [3.05, 3.63) is 50.1 Å². The van der Waals surface area contributed by atoms with E-state index >= 15 is 0 Å². The molecule has 0 radical (unpaired) electrons. The second kappa shape index (κ2) is 9.10. The van der Waals surface area contributed by atoms with Crippen molar-refractivity contribution in [3.8, 4) is 0 Å². The van der Waals surface area contributed by atoms with Crippen LogP contribution in [0, 0.1) is 0 Å². The van der Waals surface area contributed by atoms with Crippen LogP contribution in [0.1, 0.15) is 32.9 Å². The fraction of sp³-hybridized carbons (Fsp3) is 0.368. The van der Waals surface area contributed by atoms with Gasteiger partial charge in [0, 0.05) is 0 Å². The summed E-state index contributed by atoms with van der Waals surface area (Å²) in [5.74, 6) is -0.373. The van der Waals surface area contributed by atoms with Gasteiger partial charge < -0.3 is 0 Å². The fourth-order valence-corrected chi connectivity index (χ4v) is 11.3. The van der Waals surface area contributed by atoms with Gasteiger partial charge in [0.25, 0.3) is 0 Å². The van der Waals surface area contributed by atoms with Gasteiger partial charge in [-0.15, -0.1) is 0 Å². The summed E-state index contributed by atoms with van der Waals surface area (Å²) in [5.41, 5.74) is 0.502.